The van der Waals surface area contributed by atoms with Crippen LogP contribution >= 0.6 is 0 Å². The van der Waals surface area contributed by atoms with Gasteiger partial charge in [-0.05, 0) is 34.9 Å². The van der Waals surface area contributed by atoms with Crippen LogP contribution in [0.2, 0.25) is 0 Å². The molecule has 0 aliphatic carbocycles. The summed E-state index contributed by atoms with van der Waals surface area (Å²) in [6.45, 7) is 5.41. The van der Waals surface area contributed by atoms with Crippen molar-refractivity contribution < 1.29 is 9.21 Å². The fourth-order valence-electron chi connectivity index (χ4n) is 4.51. The van der Waals surface area contributed by atoms with Crippen molar-refractivity contribution in [3.63, 3.8) is 0 Å². The van der Waals surface area contributed by atoms with Crippen LogP contribution in [-0.4, -0.2) is 37.0 Å². The lowest BCUT2D eigenvalue weighted by molar-refractivity contribution is 0.0924. The first kappa shape index (κ1) is 22.0. The first-order chi connectivity index (χ1) is 16.8. The standard InChI is InChI=1S/C29H29N3O2/c33-29(28-27(15-20-34-28)23-9-3-1-4-10-23)30-21-24-11-7-8-12-25(24)22-31-16-18-32(19-17-31)26-13-5-2-6-14-26/h1-15,20H,16-19,21-22H2,(H,30,33). The number of carbonyl (C=O) groups excluding carboxylic acids is 1. The van der Waals surface area contributed by atoms with E-state index in [1.54, 1.807) is 6.26 Å². The van der Waals surface area contributed by atoms with E-state index in [0.29, 0.717) is 12.3 Å². The fourth-order valence-corrected chi connectivity index (χ4v) is 4.51. The zero-order valence-electron chi connectivity index (χ0n) is 19.2. The average Bonchev–Trinajstić information content (AvgIpc) is 3.40. The quantitative estimate of drug-likeness (QED) is 0.420. The molecular formula is C29H29N3O2. The normalized spacial score (nSPS) is 14.2. The van der Waals surface area contributed by atoms with Gasteiger partial charge in [0.1, 0.15) is 0 Å². The van der Waals surface area contributed by atoms with Gasteiger partial charge in [-0.1, -0.05) is 72.8 Å². The number of anilines is 1. The Hall–Kier alpha value is -3.83. The lowest BCUT2D eigenvalue weighted by Gasteiger charge is -2.36. The number of nitrogens with one attached hydrogen (secondary N) is 1. The van der Waals surface area contributed by atoms with E-state index in [1.807, 2.05) is 42.5 Å². The Morgan fingerprint density at radius 2 is 1.41 bits per heavy atom. The van der Waals surface area contributed by atoms with E-state index in [2.05, 4.69) is 63.6 Å². The molecule has 5 rings (SSSR count). The topological polar surface area (TPSA) is 48.7 Å². The third kappa shape index (κ3) is 5.05. The molecule has 34 heavy (non-hydrogen) atoms. The van der Waals surface area contributed by atoms with Gasteiger partial charge in [0.2, 0.25) is 0 Å². The van der Waals surface area contributed by atoms with Gasteiger partial charge >= 0.3 is 0 Å². The van der Waals surface area contributed by atoms with E-state index in [4.69, 9.17) is 4.42 Å². The van der Waals surface area contributed by atoms with Crippen LogP contribution in [-0.2, 0) is 13.1 Å². The van der Waals surface area contributed by atoms with Crippen LogP contribution in [0.15, 0.2) is 102 Å². The molecule has 1 saturated heterocycles. The molecular weight excluding hydrogens is 422 g/mol. The van der Waals surface area contributed by atoms with Gasteiger partial charge in [-0.25, -0.2) is 0 Å². The highest BCUT2D eigenvalue weighted by atomic mass is 16.3. The van der Waals surface area contributed by atoms with Crippen LogP contribution in [0.3, 0.4) is 0 Å². The Balaban J connectivity index is 1.20. The monoisotopic (exact) mass is 451 g/mol. The molecule has 1 aliphatic rings. The fraction of sp³-hybridized carbons (Fsp3) is 0.207. The van der Waals surface area contributed by atoms with Crippen LogP contribution in [0, 0.1) is 0 Å². The van der Waals surface area contributed by atoms with Crippen molar-refractivity contribution in [1.82, 2.24) is 10.2 Å². The Labute approximate surface area is 200 Å². The third-order valence-corrected chi connectivity index (χ3v) is 6.40. The maximum Gasteiger partial charge on any atom is 0.287 e. The zero-order chi connectivity index (χ0) is 23.2. The first-order valence-corrected chi connectivity index (χ1v) is 11.8. The molecule has 5 nitrogen and oxygen atoms in total. The lowest BCUT2D eigenvalue weighted by Crippen LogP contribution is -2.46. The predicted molar refractivity (Wildman–Crippen MR) is 136 cm³/mol. The number of nitrogens with zero attached hydrogens (tertiary/aromatic N) is 2. The summed E-state index contributed by atoms with van der Waals surface area (Å²) < 4.78 is 5.54. The highest BCUT2D eigenvalue weighted by Crippen LogP contribution is 2.25. The molecule has 4 aromatic rings. The molecule has 1 amide bonds. The first-order valence-electron chi connectivity index (χ1n) is 11.8. The number of amides is 1. The number of rotatable bonds is 7. The van der Waals surface area contributed by atoms with Crippen LogP contribution in [0.25, 0.3) is 11.1 Å². The smallest absolute Gasteiger partial charge is 0.287 e. The van der Waals surface area contributed by atoms with Gasteiger partial charge in [0.25, 0.3) is 5.91 Å². The lowest BCUT2D eigenvalue weighted by atomic mass is 10.1. The zero-order valence-corrected chi connectivity index (χ0v) is 19.2. The SMILES string of the molecule is O=C(NCc1ccccc1CN1CCN(c2ccccc2)CC1)c1occc1-c1ccccc1. The van der Waals surface area contributed by atoms with Gasteiger partial charge < -0.3 is 14.6 Å². The van der Waals surface area contributed by atoms with E-state index in [0.717, 1.165) is 49.4 Å². The summed E-state index contributed by atoms with van der Waals surface area (Å²) in [4.78, 5) is 17.9. The molecule has 3 aromatic carbocycles. The summed E-state index contributed by atoms with van der Waals surface area (Å²) in [7, 11) is 0. The Morgan fingerprint density at radius 1 is 0.765 bits per heavy atom. The molecule has 0 radical (unpaired) electrons. The van der Waals surface area contributed by atoms with Crippen molar-refractivity contribution in [1.29, 1.82) is 0 Å². The van der Waals surface area contributed by atoms with Crippen molar-refractivity contribution in [2.75, 3.05) is 31.1 Å². The summed E-state index contributed by atoms with van der Waals surface area (Å²) in [5.74, 6) is 0.149. The van der Waals surface area contributed by atoms with Gasteiger partial charge in [-0.3, -0.25) is 9.69 Å². The van der Waals surface area contributed by atoms with Gasteiger partial charge in [0.15, 0.2) is 5.76 Å². The summed E-state index contributed by atoms with van der Waals surface area (Å²) in [6, 6.07) is 30.6. The summed E-state index contributed by atoms with van der Waals surface area (Å²) in [5.41, 5.74) is 5.45. The Morgan fingerprint density at radius 3 is 2.15 bits per heavy atom. The molecule has 1 fully saturated rings. The van der Waals surface area contributed by atoms with Crippen LogP contribution in [0.1, 0.15) is 21.7 Å². The largest absolute Gasteiger partial charge is 0.459 e. The van der Waals surface area contributed by atoms with Crippen LogP contribution in [0.4, 0.5) is 5.69 Å². The molecule has 0 spiro atoms. The highest BCUT2D eigenvalue weighted by molar-refractivity contribution is 5.98. The summed E-state index contributed by atoms with van der Waals surface area (Å²) in [6.07, 6.45) is 1.57. The highest BCUT2D eigenvalue weighted by Gasteiger charge is 2.19. The summed E-state index contributed by atoms with van der Waals surface area (Å²) >= 11 is 0. The molecule has 1 aromatic heterocycles. The van der Waals surface area contributed by atoms with E-state index in [1.165, 1.54) is 11.3 Å². The molecule has 0 atom stereocenters. The third-order valence-electron chi connectivity index (χ3n) is 6.40. The number of furan rings is 1. The Bertz CT molecular complexity index is 1210. The minimum Gasteiger partial charge on any atom is -0.459 e. The maximum absolute atomic E-state index is 12.9. The minimum atomic E-state index is -0.199. The minimum absolute atomic E-state index is 0.199. The predicted octanol–water partition coefficient (Wildman–Crippen LogP) is 5.20. The van der Waals surface area contributed by atoms with Crippen molar-refractivity contribution in [3.05, 3.63) is 114 Å². The average molecular weight is 452 g/mol. The molecule has 0 bridgehead atoms. The molecule has 1 N–H and O–H groups in total. The van der Waals surface area contributed by atoms with Crippen molar-refractivity contribution in [2.45, 2.75) is 13.1 Å². The number of para-hydroxylation sites is 1. The van der Waals surface area contributed by atoms with Gasteiger partial charge in [-0.2, -0.15) is 0 Å². The maximum atomic E-state index is 12.9. The molecule has 0 unspecified atom stereocenters. The number of carbonyl (C=O) groups is 1. The molecule has 172 valence electrons. The van der Waals surface area contributed by atoms with Crippen LogP contribution in [0.5, 0.6) is 0 Å². The second kappa shape index (κ2) is 10.4. The number of piperazine rings is 1. The van der Waals surface area contributed by atoms with Gasteiger partial charge in [0, 0.05) is 50.5 Å². The molecule has 2 heterocycles. The Kier molecular flexibility index (Phi) is 6.73. The van der Waals surface area contributed by atoms with Crippen molar-refractivity contribution in [2.24, 2.45) is 0 Å². The van der Waals surface area contributed by atoms with Crippen molar-refractivity contribution >= 4 is 11.6 Å². The van der Waals surface area contributed by atoms with Crippen molar-refractivity contribution in [3.8, 4) is 11.1 Å². The van der Waals surface area contributed by atoms with Gasteiger partial charge in [-0.15, -0.1) is 0 Å². The van der Waals surface area contributed by atoms with E-state index >= 15 is 0 Å². The number of hydrogen-bond donors (Lipinski definition) is 1. The van der Waals surface area contributed by atoms with E-state index < -0.39 is 0 Å². The van der Waals surface area contributed by atoms with Crippen LogP contribution < -0.4 is 10.2 Å². The van der Waals surface area contributed by atoms with Gasteiger partial charge in [0.05, 0.1) is 6.26 Å². The second-order valence-corrected chi connectivity index (χ2v) is 8.58. The van der Waals surface area contributed by atoms with E-state index in [-0.39, 0.29) is 5.91 Å². The van der Waals surface area contributed by atoms with E-state index in [9.17, 15) is 4.79 Å². The molecule has 0 saturated carbocycles. The molecule has 1 aliphatic heterocycles. The molecule has 5 heteroatoms. The number of hydrogen-bond acceptors (Lipinski definition) is 4. The number of benzene rings is 3. The summed E-state index contributed by atoms with van der Waals surface area (Å²) in [5, 5.41) is 3.06. The second-order valence-electron chi connectivity index (χ2n) is 8.58.